The predicted molar refractivity (Wildman–Crippen MR) is 69.5 cm³/mol. The average Bonchev–Trinajstić information content (AvgIpc) is 2.28. The third-order valence-corrected chi connectivity index (χ3v) is 2.48. The van der Waals surface area contributed by atoms with Crippen molar-refractivity contribution in [1.82, 2.24) is 0 Å². The smallest absolute Gasteiger partial charge is 0.335 e. The molecule has 0 atom stereocenters. The van der Waals surface area contributed by atoms with Gasteiger partial charge in [-0.1, -0.05) is 0 Å². The minimum absolute atomic E-state index is 0.0872. The summed E-state index contributed by atoms with van der Waals surface area (Å²) in [6.07, 6.45) is 0.583. The minimum atomic E-state index is -1.18. The van der Waals surface area contributed by atoms with Crippen LogP contribution in [0.2, 0.25) is 0 Å². The molecule has 0 radical (unpaired) electrons. The molecule has 0 spiro atoms. The minimum Gasteiger partial charge on any atom is -0.478 e. The number of nitrogens with two attached hydrogens (primary N) is 1. The molecule has 0 heterocycles. The summed E-state index contributed by atoms with van der Waals surface area (Å²) >= 11 is 0. The third kappa shape index (κ3) is 5.05. The van der Waals surface area contributed by atoms with E-state index >= 15 is 0 Å². The highest BCUT2D eigenvalue weighted by Crippen LogP contribution is 2.17. The number of aromatic carboxylic acids is 1. The van der Waals surface area contributed by atoms with Crippen molar-refractivity contribution in [3.05, 3.63) is 29.6 Å². The van der Waals surface area contributed by atoms with E-state index in [2.05, 4.69) is 5.32 Å². The molecule has 1 aromatic carbocycles. The SMILES string of the molecule is CC(C)(N)CCC(=O)Nc1cc(C(=O)O)ccc1F. The maximum atomic E-state index is 13.4. The lowest BCUT2D eigenvalue weighted by Crippen LogP contribution is -2.33. The van der Waals surface area contributed by atoms with E-state index in [1.54, 1.807) is 13.8 Å². The molecule has 1 amide bonds. The molecule has 1 rings (SSSR count). The zero-order valence-corrected chi connectivity index (χ0v) is 10.9. The highest BCUT2D eigenvalue weighted by molar-refractivity contribution is 5.94. The van der Waals surface area contributed by atoms with Gasteiger partial charge in [-0.15, -0.1) is 0 Å². The number of hydrogen-bond donors (Lipinski definition) is 3. The molecule has 0 saturated carbocycles. The molecule has 104 valence electrons. The number of carbonyl (C=O) groups is 2. The van der Waals surface area contributed by atoms with E-state index in [4.69, 9.17) is 10.8 Å². The van der Waals surface area contributed by atoms with Gasteiger partial charge in [-0.25, -0.2) is 9.18 Å². The van der Waals surface area contributed by atoms with Gasteiger partial charge in [-0.05, 0) is 38.5 Å². The fourth-order valence-electron chi connectivity index (χ4n) is 1.40. The van der Waals surface area contributed by atoms with Gasteiger partial charge in [-0.3, -0.25) is 4.79 Å². The molecule has 0 fully saturated rings. The maximum absolute atomic E-state index is 13.4. The van der Waals surface area contributed by atoms with Gasteiger partial charge in [0.05, 0.1) is 11.3 Å². The summed E-state index contributed by atoms with van der Waals surface area (Å²) in [5, 5.41) is 11.1. The fourth-order valence-corrected chi connectivity index (χ4v) is 1.40. The standard InChI is InChI=1S/C13H17FN2O3/c1-13(2,15)6-5-11(17)16-10-7-8(12(18)19)3-4-9(10)14/h3-4,7H,5-6,15H2,1-2H3,(H,16,17)(H,18,19). The Morgan fingerprint density at radius 2 is 2.05 bits per heavy atom. The van der Waals surface area contributed by atoms with E-state index < -0.39 is 23.2 Å². The Morgan fingerprint density at radius 3 is 2.58 bits per heavy atom. The van der Waals surface area contributed by atoms with Crippen LogP contribution in [0.15, 0.2) is 18.2 Å². The topological polar surface area (TPSA) is 92.4 Å². The van der Waals surface area contributed by atoms with Gasteiger partial charge >= 0.3 is 5.97 Å². The molecule has 19 heavy (non-hydrogen) atoms. The first-order valence-electron chi connectivity index (χ1n) is 5.80. The van der Waals surface area contributed by atoms with Crippen LogP contribution in [0.4, 0.5) is 10.1 Å². The number of hydrogen-bond acceptors (Lipinski definition) is 3. The van der Waals surface area contributed by atoms with E-state index in [1.165, 1.54) is 0 Å². The number of benzene rings is 1. The largest absolute Gasteiger partial charge is 0.478 e. The molecule has 0 aromatic heterocycles. The van der Waals surface area contributed by atoms with Crippen molar-refractivity contribution in [2.24, 2.45) is 5.73 Å². The van der Waals surface area contributed by atoms with Crippen molar-refractivity contribution in [3.63, 3.8) is 0 Å². The Bertz CT molecular complexity index is 495. The quantitative estimate of drug-likeness (QED) is 0.761. The number of carboxylic acids is 1. The molecule has 0 aliphatic rings. The summed E-state index contributed by atoms with van der Waals surface area (Å²) in [7, 11) is 0. The molecule has 0 bridgehead atoms. The van der Waals surface area contributed by atoms with Crippen LogP contribution in [0.1, 0.15) is 37.0 Å². The number of nitrogens with one attached hydrogen (secondary N) is 1. The van der Waals surface area contributed by atoms with E-state index in [9.17, 15) is 14.0 Å². The first-order valence-corrected chi connectivity index (χ1v) is 5.80. The van der Waals surface area contributed by atoms with Crippen molar-refractivity contribution in [1.29, 1.82) is 0 Å². The van der Waals surface area contributed by atoms with Crippen molar-refractivity contribution < 1.29 is 19.1 Å². The van der Waals surface area contributed by atoms with E-state index in [0.717, 1.165) is 18.2 Å². The Kier molecular flexibility index (Phi) is 4.61. The second-order valence-corrected chi connectivity index (χ2v) is 5.04. The van der Waals surface area contributed by atoms with Crippen LogP contribution in [0.3, 0.4) is 0 Å². The zero-order chi connectivity index (χ0) is 14.6. The monoisotopic (exact) mass is 268 g/mol. The van der Waals surface area contributed by atoms with Crippen LogP contribution in [-0.4, -0.2) is 22.5 Å². The van der Waals surface area contributed by atoms with Gasteiger partial charge in [0, 0.05) is 12.0 Å². The zero-order valence-electron chi connectivity index (χ0n) is 10.9. The molecule has 4 N–H and O–H groups in total. The van der Waals surface area contributed by atoms with Crippen LogP contribution in [-0.2, 0) is 4.79 Å². The Balaban J connectivity index is 2.73. The lowest BCUT2D eigenvalue weighted by molar-refractivity contribution is -0.116. The summed E-state index contributed by atoms with van der Waals surface area (Å²) < 4.78 is 13.4. The molecular formula is C13H17FN2O3. The molecular weight excluding hydrogens is 251 g/mol. The van der Waals surface area contributed by atoms with Gasteiger partial charge in [-0.2, -0.15) is 0 Å². The predicted octanol–water partition coefficient (Wildman–Crippen LogP) is 1.98. The lowest BCUT2D eigenvalue weighted by atomic mass is 10.00. The molecule has 5 nitrogen and oxygen atoms in total. The summed E-state index contributed by atoms with van der Waals surface area (Å²) in [5.41, 5.74) is 5.03. The first kappa shape index (κ1) is 15.1. The van der Waals surface area contributed by atoms with E-state index in [1.807, 2.05) is 0 Å². The van der Waals surface area contributed by atoms with E-state index in [-0.39, 0.29) is 17.7 Å². The van der Waals surface area contributed by atoms with Crippen molar-refractivity contribution >= 4 is 17.6 Å². The second kappa shape index (κ2) is 5.79. The van der Waals surface area contributed by atoms with Gasteiger partial charge in [0.15, 0.2) is 0 Å². The lowest BCUT2D eigenvalue weighted by Gasteiger charge is -2.17. The maximum Gasteiger partial charge on any atom is 0.335 e. The van der Waals surface area contributed by atoms with Crippen molar-refractivity contribution in [2.45, 2.75) is 32.2 Å². The summed E-state index contributed by atoms with van der Waals surface area (Å²) in [6.45, 7) is 3.57. The number of anilines is 1. The number of halogens is 1. The number of rotatable bonds is 5. The van der Waals surface area contributed by atoms with Crippen molar-refractivity contribution in [3.8, 4) is 0 Å². The van der Waals surface area contributed by atoms with Gasteiger partial charge in [0.1, 0.15) is 5.82 Å². The fraction of sp³-hybridized carbons (Fsp3) is 0.385. The highest BCUT2D eigenvalue weighted by atomic mass is 19.1. The Morgan fingerprint density at radius 1 is 1.42 bits per heavy atom. The number of amides is 1. The number of carboxylic acid groups (broad SMARTS) is 1. The molecule has 0 aliphatic heterocycles. The summed E-state index contributed by atoms with van der Waals surface area (Å²) in [6, 6.07) is 3.23. The molecule has 0 unspecified atom stereocenters. The van der Waals surface area contributed by atoms with Crippen molar-refractivity contribution in [2.75, 3.05) is 5.32 Å². The summed E-state index contributed by atoms with van der Waals surface area (Å²) in [4.78, 5) is 22.4. The van der Waals surface area contributed by atoms with Crippen LogP contribution < -0.4 is 11.1 Å². The third-order valence-electron chi connectivity index (χ3n) is 2.48. The van der Waals surface area contributed by atoms with Crippen LogP contribution in [0.25, 0.3) is 0 Å². The Labute approximate surface area is 110 Å². The molecule has 1 aromatic rings. The van der Waals surface area contributed by atoms with Crippen LogP contribution in [0, 0.1) is 5.82 Å². The molecule has 0 aliphatic carbocycles. The van der Waals surface area contributed by atoms with Crippen LogP contribution in [0.5, 0.6) is 0 Å². The van der Waals surface area contributed by atoms with Gasteiger partial charge < -0.3 is 16.2 Å². The first-order chi connectivity index (χ1) is 8.69. The second-order valence-electron chi connectivity index (χ2n) is 5.04. The highest BCUT2D eigenvalue weighted by Gasteiger charge is 2.15. The normalized spacial score (nSPS) is 11.2. The number of carbonyl (C=O) groups excluding carboxylic acids is 1. The summed E-state index contributed by atoms with van der Waals surface area (Å²) in [5.74, 6) is -2.26. The van der Waals surface area contributed by atoms with Crippen LogP contribution >= 0.6 is 0 Å². The van der Waals surface area contributed by atoms with Gasteiger partial charge in [0.2, 0.25) is 5.91 Å². The molecule has 6 heteroatoms. The van der Waals surface area contributed by atoms with Gasteiger partial charge in [0.25, 0.3) is 0 Å². The van der Waals surface area contributed by atoms with E-state index in [0.29, 0.717) is 6.42 Å². The Hall–Kier alpha value is -1.95. The molecule has 0 saturated heterocycles. The average molecular weight is 268 g/mol.